The standard InChI is InChI=1S/C23H27N5O5S/c1-2-18-6-7-19(14-22(18)34(30,31)28-9-11-32-12-10-28)23(29)26-20-4-3-5-21(15-20)33-13-8-27-17-24-16-25-27/h3-7,14-17H,2,8-13H2,1H3,(H,26,29). The van der Waals surface area contributed by atoms with Gasteiger partial charge in [0, 0.05) is 30.4 Å². The smallest absolute Gasteiger partial charge is 0.255 e. The summed E-state index contributed by atoms with van der Waals surface area (Å²) in [5.74, 6) is 0.190. The average Bonchev–Trinajstić information content (AvgIpc) is 3.38. The molecular formula is C23H27N5O5S. The van der Waals surface area contributed by atoms with Crippen LogP contribution < -0.4 is 10.1 Å². The second kappa shape index (κ2) is 10.8. The lowest BCUT2D eigenvalue weighted by molar-refractivity contribution is 0.0730. The molecule has 1 N–H and O–H groups in total. The van der Waals surface area contributed by atoms with Gasteiger partial charge in [-0.1, -0.05) is 19.1 Å². The minimum Gasteiger partial charge on any atom is -0.492 e. The maximum atomic E-state index is 13.2. The van der Waals surface area contributed by atoms with Crippen LogP contribution in [0.4, 0.5) is 5.69 Å². The fourth-order valence-corrected chi connectivity index (χ4v) is 5.35. The van der Waals surface area contributed by atoms with Crippen LogP contribution in [0.5, 0.6) is 5.75 Å². The summed E-state index contributed by atoms with van der Waals surface area (Å²) in [6.45, 7) is 4.14. The number of aromatic nitrogens is 3. The number of carbonyl (C=O) groups is 1. The van der Waals surface area contributed by atoms with E-state index in [1.165, 1.54) is 16.7 Å². The summed E-state index contributed by atoms with van der Waals surface area (Å²) in [4.78, 5) is 17.0. The van der Waals surface area contributed by atoms with Crippen molar-refractivity contribution in [2.45, 2.75) is 24.8 Å². The molecule has 2 heterocycles. The predicted molar refractivity (Wildman–Crippen MR) is 125 cm³/mol. The number of hydrogen-bond acceptors (Lipinski definition) is 7. The van der Waals surface area contributed by atoms with Crippen molar-refractivity contribution in [2.24, 2.45) is 0 Å². The van der Waals surface area contributed by atoms with Crippen LogP contribution in [0.15, 0.2) is 60.0 Å². The van der Waals surface area contributed by atoms with Gasteiger partial charge in [-0.05, 0) is 36.2 Å². The molecule has 0 unspecified atom stereocenters. The molecule has 11 heteroatoms. The quantitative estimate of drug-likeness (QED) is 0.494. The Morgan fingerprint density at radius 2 is 2.00 bits per heavy atom. The first-order valence-electron chi connectivity index (χ1n) is 11.0. The van der Waals surface area contributed by atoms with E-state index in [-0.39, 0.29) is 10.5 Å². The number of aryl methyl sites for hydroxylation is 1. The lowest BCUT2D eigenvalue weighted by Gasteiger charge is -2.27. The third-order valence-corrected chi connectivity index (χ3v) is 7.43. The zero-order valence-corrected chi connectivity index (χ0v) is 19.7. The van der Waals surface area contributed by atoms with Crippen molar-refractivity contribution in [2.75, 3.05) is 38.2 Å². The lowest BCUT2D eigenvalue weighted by atomic mass is 10.1. The second-order valence-electron chi connectivity index (χ2n) is 7.68. The van der Waals surface area contributed by atoms with Crippen LogP contribution in [0.2, 0.25) is 0 Å². The third kappa shape index (κ3) is 5.61. The molecule has 3 aromatic rings. The van der Waals surface area contributed by atoms with Crippen LogP contribution in [-0.2, 0) is 27.7 Å². The molecule has 1 amide bonds. The van der Waals surface area contributed by atoms with E-state index in [1.807, 2.05) is 6.92 Å². The Hall–Kier alpha value is -3.28. The topological polar surface area (TPSA) is 116 Å². The number of benzene rings is 2. The second-order valence-corrected chi connectivity index (χ2v) is 9.59. The highest BCUT2D eigenvalue weighted by atomic mass is 32.2. The van der Waals surface area contributed by atoms with Gasteiger partial charge in [0.25, 0.3) is 5.91 Å². The van der Waals surface area contributed by atoms with E-state index in [0.717, 1.165) is 0 Å². The van der Waals surface area contributed by atoms with E-state index in [0.29, 0.717) is 62.9 Å². The highest BCUT2D eigenvalue weighted by Crippen LogP contribution is 2.24. The molecular weight excluding hydrogens is 458 g/mol. The first kappa shape index (κ1) is 23.9. The number of nitrogens with zero attached hydrogens (tertiary/aromatic N) is 4. The number of nitrogens with one attached hydrogen (secondary N) is 1. The number of hydrogen-bond donors (Lipinski definition) is 1. The van der Waals surface area contributed by atoms with E-state index in [2.05, 4.69) is 15.4 Å². The predicted octanol–water partition coefficient (Wildman–Crippen LogP) is 2.19. The van der Waals surface area contributed by atoms with Crippen LogP contribution >= 0.6 is 0 Å². The molecule has 1 fully saturated rings. The first-order valence-corrected chi connectivity index (χ1v) is 12.5. The van der Waals surface area contributed by atoms with Gasteiger partial charge in [0.05, 0.1) is 24.7 Å². The van der Waals surface area contributed by atoms with Crippen LogP contribution in [0, 0.1) is 0 Å². The molecule has 1 saturated heterocycles. The van der Waals surface area contributed by atoms with E-state index in [1.54, 1.807) is 47.4 Å². The monoisotopic (exact) mass is 485 g/mol. The normalized spacial score (nSPS) is 14.6. The first-order chi connectivity index (χ1) is 16.5. The molecule has 0 bridgehead atoms. The maximum Gasteiger partial charge on any atom is 0.255 e. The van der Waals surface area contributed by atoms with Gasteiger partial charge in [-0.15, -0.1) is 0 Å². The van der Waals surface area contributed by atoms with Crippen molar-refractivity contribution < 1.29 is 22.7 Å². The third-order valence-electron chi connectivity index (χ3n) is 5.45. The van der Waals surface area contributed by atoms with Crippen LogP contribution in [0.1, 0.15) is 22.8 Å². The molecule has 0 aliphatic carbocycles. The Morgan fingerprint density at radius 3 is 2.74 bits per heavy atom. The van der Waals surface area contributed by atoms with Gasteiger partial charge in [0.1, 0.15) is 25.0 Å². The van der Waals surface area contributed by atoms with Gasteiger partial charge in [-0.2, -0.15) is 9.40 Å². The minimum atomic E-state index is -3.73. The molecule has 0 spiro atoms. The SMILES string of the molecule is CCc1ccc(C(=O)Nc2cccc(OCCn3cncn3)c2)cc1S(=O)(=O)N1CCOCC1. The summed E-state index contributed by atoms with van der Waals surface area (Å²) in [5.41, 5.74) is 1.48. The van der Waals surface area contributed by atoms with E-state index in [4.69, 9.17) is 9.47 Å². The summed E-state index contributed by atoms with van der Waals surface area (Å²) in [7, 11) is -3.73. The molecule has 1 aromatic heterocycles. The Balaban J connectivity index is 1.47. The fourth-order valence-electron chi connectivity index (χ4n) is 3.63. The zero-order valence-electron chi connectivity index (χ0n) is 18.9. The van der Waals surface area contributed by atoms with Gasteiger partial charge in [-0.25, -0.2) is 18.1 Å². The Morgan fingerprint density at radius 1 is 1.18 bits per heavy atom. The zero-order chi connectivity index (χ0) is 24.0. The molecule has 1 aliphatic rings. The molecule has 34 heavy (non-hydrogen) atoms. The number of morpholine rings is 1. The fraction of sp³-hybridized carbons (Fsp3) is 0.348. The number of amides is 1. The summed E-state index contributed by atoms with van der Waals surface area (Å²) in [6, 6.07) is 11.8. The van der Waals surface area contributed by atoms with E-state index >= 15 is 0 Å². The molecule has 0 radical (unpaired) electrons. The van der Waals surface area contributed by atoms with Crippen LogP contribution in [-0.4, -0.2) is 66.3 Å². The molecule has 10 nitrogen and oxygen atoms in total. The molecule has 1 aliphatic heterocycles. The van der Waals surface area contributed by atoms with Gasteiger partial charge in [-0.3, -0.25) is 4.79 Å². The van der Waals surface area contributed by atoms with Gasteiger partial charge >= 0.3 is 0 Å². The largest absolute Gasteiger partial charge is 0.492 e. The van der Waals surface area contributed by atoms with Gasteiger partial charge < -0.3 is 14.8 Å². The molecule has 2 aromatic carbocycles. The number of sulfonamides is 1. The highest BCUT2D eigenvalue weighted by molar-refractivity contribution is 7.89. The molecule has 0 atom stereocenters. The number of anilines is 1. The molecule has 0 saturated carbocycles. The Kier molecular flexibility index (Phi) is 7.56. The highest BCUT2D eigenvalue weighted by Gasteiger charge is 2.29. The van der Waals surface area contributed by atoms with Crippen molar-refractivity contribution in [3.63, 3.8) is 0 Å². The Bertz CT molecular complexity index is 1220. The van der Waals surface area contributed by atoms with Crippen LogP contribution in [0.25, 0.3) is 0 Å². The van der Waals surface area contributed by atoms with Crippen molar-refractivity contribution in [3.8, 4) is 5.75 Å². The van der Waals surface area contributed by atoms with Gasteiger partial charge in [0.2, 0.25) is 10.0 Å². The summed E-state index contributed by atoms with van der Waals surface area (Å²) in [6.07, 6.45) is 3.60. The van der Waals surface area contributed by atoms with Crippen molar-refractivity contribution in [1.82, 2.24) is 19.1 Å². The lowest BCUT2D eigenvalue weighted by Crippen LogP contribution is -2.41. The van der Waals surface area contributed by atoms with Crippen LogP contribution in [0.3, 0.4) is 0 Å². The Labute approximate surface area is 198 Å². The molecule has 4 rings (SSSR count). The average molecular weight is 486 g/mol. The maximum absolute atomic E-state index is 13.2. The van der Waals surface area contributed by atoms with E-state index in [9.17, 15) is 13.2 Å². The van der Waals surface area contributed by atoms with Crippen molar-refractivity contribution >= 4 is 21.6 Å². The van der Waals surface area contributed by atoms with E-state index < -0.39 is 15.9 Å². The van der Waals surface area contributed by atoms with Gasteiger partial charge in [0.15, 0.2) is 0 Å². The summed E-state index contributed by atoms with van der Waals surface area (Å²) >= 11 is 0. The summed E-state index contributed by atoms with van der Waals surface area (Å²) < 4.78 is 40.6. The molecule has 180 valence electrons. The van der Waals surface area contributed by atoms with Crippen molar-refractivity contribution in [1.29, 1.82) is 0 Å². The number of ether oxygens (including phenoxy) is 2. The number of carbonyl (C=O) groups excluding carboxylic acids is 1. The summed E-state index contributed by atoms with van der Waals surface area (Å²) in [5, 5.41) is 6.84. The number of rotatable bonds is 9. The van der Waals surface area contributed by atoms with Crippen molar-refractivity contribution in [3.05, 3.63) is 66.2 Å². The minimum absolute atomic E-state index is 0.162.